The molecule has 20 heavy (non-hydrogen) atoms. The summed E-state index contributed by atoms with van der Waals surface area (Å²) in [6.45, 7) is 3.83. The van der Waals surface area contributed by atoms with E-state index in [9.17, 15) is 19.7 Å². The molecule has 0 aliphatic rings. The molecule has 0 radical (unpaired) electrons. The van der Waals surface area contributed by atoms with Crippen LogP contribution < -0.4 is 5.32 Å². The van der Waals surface area contributed by atoms with Crippen LogP contribution in [0.15, 0.2) is 11.4 Å². The standard InChI is InChI=1S/C12H16N2O5S/c1-7(2)4-9(12(16)19-3)13-11(15)8-5-10(14(17)18)20-6-8/h5-7,9H,4H2,1-3H3,(H,13,15). The topological polar surface area (TPSA) is 98.5 Å². The zero-order valence-electron chi connectivity index (χ0n) is 11.4. The number of carbonyl (C=O) groups is 2. The van der Waals surface area contributed by atoms with Gasteiger partial charge in [-0.25, -0.2) is 4.79 Å². The van der Waals surface area contributed by atoms with Crippen LogP contribution in [0, 0.1) is 16.0 Å². The molecule has 7 nitrogen and oxygen atoms in total. The summed E-state index contributed by atoms with van der Waals surface area (Å²) >= 11 is 0.865. The Morgan fingerprint density at radius 2 is 2.15 bits per heavy atom. The van der Waals surface area contributed by atoms with Gasteiger partial charge in [0.1, 0.15) is 6.04 Å². The lowest BCUT2D eigenvalue weighted by Crippen LogP contribution is -2.42. The van der Waals surface area contributed by atoms with Gasteiger partial charge in [0.25, 0.3) is 5.91 Å². The third kappa shape index (κ3) is 4.30. The third-order valence-electron chi connectivity index (χ3n) is 2.53. The summed E-state index contributed by atoms with van der Waals surface area (Å²) in [4.78, 5) is 33.6. The SMILES string of the molecule is COC(=O)C(CC(C)C)NC(=O)c1csc([N+](=O)[O-])c1. The molecule has 1 aromatic heterocycles. The highest BCUT2D eigenvalue weighted by Gasteiger charge is 2.24. The minimum absolute atomic E-state index is 0.117. The van der Waals surface area contributed by atoms with Crippen molar-refractivity contribution in [1.82, 2.24) is 5.32 Å². The van der Waals surface area contributed by atoms with Gasteiger partial charge in [0.05, 0.1) is 17.6 Å². The first-order valence-electron chi connectivity index (χ1n) is 5.96. The van der Waals surface area contributed by atoms with Crippen molar-refractivity contribution in [3.8, 4) is 0 Å². The average molecular weight is 300 g/mol. The molecule has 1 N–H and O–H groups in total. The molecular weight excluding hydrogens is 284 g/mol. The van der Waals surface area contributed by atoms with Gasteiger partial charge in [0.15, 0.2) is 0 Å². The maximum atomic E-state index is 12.0. The highest BCUT2D eigenvalue weighted by atomic mass is 32.1. The largest absolute Gasteiger partial charge is 0.467 e. The van der Waals surface area contributed by atoms with E-state index in [-0.39, 0.29) is 16.5 Å². The normalized spacial score (nSPS) is 12.0. The molecule has 0 spiro atoms. The van der Waals surface area contributed by atoms with E-state index >= 15 is 0 Å². The van der Waals surface area contributed by atoms with Crippen LogP contribution in [0.25, 0.3) is 0 Å². The van der Waals surface area contributed by atoms with Crippen LogP contribution in [-0.2, 0) is 9.53 Å². The first-order valence-corrected chi connectivity index (χ1v) is 6.84. The van der Waals surface area contributed by atoms with E-state index in [1.807, 2.05) is 13.8 Å². The number of amides is 1. The molecule has 8 heteroatoms. The smallest absolute Gasteiger partial charge is 0.328 e. The van der Waals surface area contributed by atoms with Crippen molar-refractivity contribution in [3.05, 3.63) is 27.1 Å². The number of nitrogens with zero attached hydrogens (tertiary/aromatic N) is 1. The number of nitro groups is 1. The Balaban J connectivity index is 2.78. The van der Waals surface area contributed by atoms with Gasteiger partial charge in [0, 0.05) is 11.4 Å². The molecule has 0 aliphatic carbocycles. The van der Waals surface area contributed by atoms with E-state index < -0.39 is 22.8 Å². The Kier molecular flexibility index (Phi) is 5.63. The number of methoxy groups -OCH3 is 1. The molecule has 1 heterocycles. The number of rotatable bonds is 6. The number of thiophene rings is 1. The van der Waals surface area contributed by atoms with E-state index in [1.165, 1.54) is 18.6 Å². The molecule has 1 unspecified atom stereocenters. The molecule has 0 saturated carbocycles. The van der Waals surface area contributed by atoms with E-state index in [0.29, 0.717) is 6.42 Å². The molecule has 1 atom stereocenters. The van der Waals surface area contributed by atoms with Crippen molar-refractivity contribution in [2.24, 2.45) is 5.92 Å². The molecule has 1 amide bonds. The van der Waals surface area contributed by atoms with E-state index in [2.05, 4.69) is 10.1 Å². The number of esters is 1. The fourth-order valence-electron chi connectivity index (χ4n) is 1.61. The summed E-state index contributed by atoms with van der Waals surface area (Å²) in [6, 6.07) is 0.426. The fraction of sp³-hybridized carbons (Fsp3) is 0.500. The summed E-state index contributed by atoms with van der Waals surface area (Å²) in [5, 5.41) is 14.4. The Morgan fingerprint density at radius 3 is 2.60 bits per heavy atom. The maximum absolute atomic E-state index is 12.0. The van der Waals surface area contributed by atoms with Crippen molar-refractivity contribution in [3.63, 3.8) is 0 Å². The number of hydrogen-bond acceptors (Lipinski definition) is 6. The lowest BCUT2D eigenvalue weighted by atomic mass is 10.0. The minimum atomic E-state index is -0.758. The Hall–Kier alpha value is -1.96. The summed E-state index contributed by atoms with van der Waals surface area (Å²) in [5.41, 5.74) is 0.166. The highest BCUT2D eigenvalue weighted by Crippen LogP contribution is 2.22. The second kappa shape index (κ2) is 6.99. The van der Waals surface area contributed by atoms with Gasteiger partial charge in [-0.1, -0.05) is 25.2 Å². The monoisotopic (exact) mass is 300 g/mol. The number of ether oxygens (including phenoxy) is 1. The van der Waals surface area contributed by atoms with Gasteiger partial charge >= 0.3 is 11.0 Å². The molecular formula is C12H16N2O5S. The Bertz CT molecular complexity index is 512. The fourth-order valence-corrected chi connectivity index (χ4v) is 2.31. The van der Waals surface area contributed by atoms with Crippen molar-refractivity contribution < 1.29 is 19.2 Å². The highest BCUT2D eigenvalue weighted by molar-refractivity contribution is 7.13. The summed E-state index contributed by atoms with van der Waals surface area (Å²) < 4.78 is 4.63. The molecule has 0 fully saturated rings. The molecule has 1 aromatic rings. The summed E-state index contributed by atoms with van der Waals surface area (Å²) in [7, 11) is 1.25. The van der Waals surface area contributed by atoms with Crippen molar-refractivity contribution in [1.29, 1.82) is 0 Å². The van der Waals surface area contributed by atoms with Gasteiger partial charge in [-0.05, 0) is 12.3 Å². The third-order valence-corrected chi connectivity index (χ3v) is 3.41. The lowest BCUT2D eigenvalue weighted by Gasteiger charge is -2.17. The van der Waals surface area contributed by atoms with Crippen LogP contribution in [0.5, 0.6) is 0 Å². The second-order valence-corrected chi connectivity index (χ2v) is 5.50. The first kappa shape index (κ1) is 16.1. The molecule has 0 aliphatic heterocycles. The van der Waals surface area contributed by atoms with Crippen molar-refractivity contribution in [2.45, 2.75) is 26.3 Å². The molecule has 0 bridgehead atoms. The Morgan fingerprint density at radius 1 is 1.50 bits per heavy atom. The first-order chi connectivity index (χ1) is 9.35. The van der Waals surface area contributed by atoms with Gasteiger partial charge in [-0.3, -0.25) is 14.9 Å². The summed E-state index contributed by atoms with van der Waals surface area (Å²) in [6.07, 6.45) is 0.435. The zero-order valence-corrected chi connectivity index (χ0v) is 12.2. The predicted octanol–water partition coefficient (Wildman–Crippen LogP) is 1.97. The molecule has 0 saturated heterocycles. The van der Waals surface area contributed by atoms with Crippen LogP contribution in [0.3, 0.4) is 0 Å². The molecule has 1 rings (SSSR count). The van der Waals surface area contributed by atoms with Gasteiger partial charge in [0.2, 0.25) is 0 Å². The number of carbonyl (C=O) groups excluding carboxylic acids is 2. The lowest BCUT2D eigenvalue weighted by molar-refractivity contribution is -0.380. The van der Waals surface area contributed by atoms with Crippen LogP contribution in [0.2, 0.25) is 0 Å². The van der Waals surface area contributed by atoms with Crippen LogP contribution >= 0.6 is 11.3 Å². The van der Waals surface area contributed by atoms with Crippen LogP contribution in [0.4, 0.5) is 5.00 Å². The predicted molar refractivity (Wildman–Crippen MR) is 73.7 cm³/mol. The Labute approximate surface area is 120 Å². The quantitative estimate of drug-likeness (QED) is 0.492. The van der Waals surface area contributed by atoms with Gasteiger partial charge < -0.3 is 10.1 Å². The summed E-state index contributed by atoms with van der Waals surface area (Å²) in [5.74, 6) is -0.863. The minimum Gasteiger partial charge on any atom is -0.467 e. The second-order valence-electron chi connectivity index (χ2n) is 4.61. The van der Waals surface area contributed by atoms with Gasteiger partial charge in [-0.15, -0.1) is 0 Å². The van der Waals surface area contributed by atoms with Crippen molar-refractivity contribution >= 4 is 28.2 Å². The van der Waals surface area contributed by atoms with Gasteiger partial charge in [-0.2, -0.15) is 0 Å². The van der Waals surface area contributed by atoms with E-state index in [1.54, 1.807) is 0 Å². The van der Waals surface area contributed by atoms with E-state index in [4.69, 9.17) is 0 Å². The maximum Gasteiger partial charge on any atom is 0.328 e. The molecule has 110 valence electrons. The van der Waals surface area contributed by atoms with Crippen LogP contribution in [0.1, 0.15) is 30.6 Å². The number of hydrogen-bond donors (Lipinski definition) is 1. The van der Waals surface area contributed by atoms with E-state index in [0.717, 1.165) is 11.3 Å². The van der Waals surface area contributed by atoms with Crippen molar-refractivity contribution in [2.75, 3.05) is 7.11 Å². The van der Waals surface area contributed by atoms with Crippen LogP contribution in [-0.4, -0.2) is 30.0 Å². The average Bonchev–Trinajstić information content (AvgIpc) is 2.86. The molecule has 0 aromatic carbocycles. The number of nitrogens with one attached hydrogen (secondary N) is 1. The zero-order chi connectivity index (χ0) is 15.3.